The van der Waals surface area contributed by atoms with Gasteiger partial charge in [-0.2, -0.15) is 0 Å². The number of hydrogen-bond acceptors (Lipinski definition) is 2. The zero-order valence-electron chi connectivity index (χ0n) is 11.7. The fraction of sp³-hybridized carbons (Fsp3) is 0.600. The van der Waals surface area contributed by atoms with Gasteiger partial charge in [-0.15, -0.1) is 0 Å². The Kier molecular flexibility index (Phi) is 4.80. The second kappa shape index (κ2) is 6.02. The topological polar surface area (TPSA) is 18.5 Å². The number of methoxy groups -OCH3 is 1. The molecule has 1 heterocycles. The molecule has 2 nitrogen and oxygen atoms in total. The van der Waals surface area contributed by atoms with Crippen molar-refractivity contribution < 1.29 is 9.47 Å². The number of halogens is 2. The third-order valence-corrected chi connectivity index (χ3v) is 5.48. The highest BCUT2D eigenvalue weighted by molar-refractivity contribution is 9.09. The third kappa shape index (κ3) is 2.93. The largest absolute Gasteiger partial charge is 0.496 e. The fourth-order valence-corrected chi connectivity index (χ4v) is 4.38. The van der Waals surface area contributed by atoms with Gasteiger partial charge in [0, 0.05) is 21.3 Å². The number of alkyl halides is 1. The van der Waals surface area contributed by atoms with E-state index in [9.17, 15) is 0 Å². The minimum absolute atomic E-state index is 0.177. The normalized spacial score (nSPS) is 32.3. The number of ether oxygens (including phenoxy) is 2. The van der Waals surface area contributed by atoms with Crippen molar-refractivity contribution in [3.63, 3.8) is 0 Å². The summed E-state index contributed by atoms with van der Waals surface area (Å²) in [6.07, 6.45) is 0.503. The molecule has 0 bridgehead atoms. The van der Waals surface area contributed by atoms with Crippen LogP contribution < -0.4 is 4.74 Å². The summed E-state index contributed by atoms with van der Waals surface area (Å²) in [6.45, 7) is 6.51. The molecule has 0 spiro atoms. The number of rotatable bonds is 3. The predicted octanol–water partition coefficient (Wildman–Crippen LogP) is 4.84. The van der Waals surface area contributed by atoms with Crippen molar-refractivity contribution in [1.82, 2.24) is 0 Å². The molecule has 0 N–H and O–H groups in total. The van der Waals surface area contributed by atoms with E-state index < -0.39 is 0 Å². The summed E-state index contributed by atoms with van der Waals surface area (Å²) in [5.41, 5.74) is 1.09. The lowest BCUT2D eigenvalue weighted by molar-refractivity contribution is 0.0510. The van der Waals surface area contributed by atoms with Gasteiger partial charge < -0.3 is 9.47 Å². The molecule has 5 unspecified atom stereocenters. The van der Waals surface area contributed by atoms with Crippen molar-refractivity contribution in [1.29, 1.82) is 0 Å². The molecule has 5 atom stereocenters. The van der Waals surface area contributed by atoms with Crippen LogP contribution in [0.4, 0.5) is 0 Å². The van der Waals surface area contributed by atoms with Crippen molar-refractivity contribution >= 4 is 27.5 Å². The lowest BCUT2D eigenvalue weighted by atomic mass is 9.84. The van der Waals surface area contributed by atoms with Crippen LogP contribution >= 0.6 is 27.5 Å². The highest BCUT2D eigenvalue weighted by Crippen LogP contribution is 2.47. The Bertz CT molecular complexity index is 452. The SMILES string of the molecule is COc1ccc(Cl)cc1C(Br)C1C(C)OC(C)C1C. The van der Waals surface area contributed by atoms with Crippen LogP contribution in [0.1, 0.15) is 31.2 Å². The van der Waals surface area contributed by atoms with Crippen LogP contribution in [0.2, 0.25) is 5.02 Å². The van der Waals surface area contributed by atoms with Crippen LogP contribution in [0.25, 0.3) is 0 Å². The average Bonchev–Trinajstić information content (AvgIpc) is 2.62. The van der Waals surface area contributed by atoms with E-state index in [1.54, 1.807) is 7.11 Å². The van der Waals surface area contributed by atoms with E-state index in [4.69, 9.17) is 21.1 Å². The Morgan fingerprint density at radius 1 is 1.26 bits per heavy atom. The van der Waals surface area contributed by atoms with Crippen molar-refractivity contribution in [3.8, 4) is 5.75 Å². The van der Waals surface area contributed by atoms with E-state index >= 15 is 0 Å². The predicted molar refractivity (Wildman–Crippen MR) is 82.3 cm³/mol. The third-order valence-electron chi connectivity index (χ3n) is 4.15. The number of hydrogen-bond donors (Lipinski definition) is 0. The quantitative estimate of drug-likeness (QED) is 0.728. The first-order valence-electron chi connectivity index (χ1n) is 6.58. The highest BCUT2D eigenvalue weighted by atomic mass is 79.9. The molecule has 1 fully saturated rings. The molecule has 0 aromatic heterocycles. The van der Waals surface area contributed by atoms with Crippen molar-refractivity contribution in [2.24, 2.45) is 11.8 Å². The van der Waals surface area contributed by atoms with Gasteiger partial charge in [0.15, 0.2) is 0 Å². The zero-order valence-corrected chi connectivity index (χ0v) is 14.0. The maximum Gasteiger partial charge on any atom is 0.123 e. The molecule has 1 aromatic rings. The van der Waals surface area contributed by atoms with Crippen LogP contribution in [-0.2, 0) is 4.74 Å². The Morgan fingerprint density at radius 2 is 1.95 bits per heavy atom. The molecule has 2 rings (SSSR count). The van der Waals surface area contributed by atoms with E-state index in [1.165, 1.54) is 0 Å². The first-order chi connectivity index (χ1) is 8.95. The van der Waals surface area contributed by atoms with Gasteiger partial charge >= 0.3 is 0 Å². The van der Waals surface area contributed by atoms with Gasteiger partial charge in [0.1, 0.15) is 5.75 Å². The standard InChI is InChI=1S/C15H20BrClO2/c1-8-9(2)19-10(3)14(8)15(16)12-7-11(17)5-6-13(12)18-4/h5-10,14-15H,1-4H3. The van der Waals surface area contributed by atoms with Crippen molar-refractivity contribution in [2.75, 3.05) is 7.11 Å². The summed E-state index contributed by atoms with van der Waals surface area (Å²) in [7, 11) is 1.69. The lowest BCUT2D eigenvalue weighted by Gasteiger charge is -2.26. The van der Waals surface area contributed by atoms with Crippen LogP contribution in [0.3, 0.4) is 0 Å². The molecule has 4 heteroatoms. The van der Waals surface area contributed by atoms with E-state index in [0.29, 0.717) is 11.8 Å². The van der Waals surface area contributed by atoms with E-state index in [1.807, 2.05) is 18.2 Å². The minimum Gasteiger partial charge on any atom is -0.496 e. The van der Waals surface area contributed by atoms with Gasteiger partial charge in [0.2, 0.25) is 0 Å². The summed E-state index contributed by atoms with van der Waals surface area (Å²) in [5.74, 6) is 1.76. The molecule has 0 amide bonds. The second-order valence-electron chi connectivity index (χ2n) is 5.27. The molecule has 0 saturated carbocycles. The molecule has 1 aliphatic rings. The Labute approximate surface area is 128 Å². The average molecular weight is 348 g/mol. The Hall–Kier alpha value is -0.250. The summed E-state index contributed by atoms with van der Waals surface area (Å²) >= 11 is 9.95. The first-order valence-corrected chi connectivity index (χ1v) is 7.88. The van der Waals surface area contributed by atoms with Crippen LogP contribution in [0, 0.1) is 11.8 Å². The van der Waals surface area contributed by atoms with Crippen LogP contribution in [-0.4, -0.2) is 19.3 Å². The monoisotopic (exact) mass is 346 g/mol. The van der Waals surface area contributed by atoms with Gasteiger partial charge in [-0.25, -0.2) is 0 Å². The summed E-state index contributed by atoms with van der Waals surface area (Å²) in [6, 6.07) is 5.74. The minimum atomic E-state index is 0.177. The molecular formula is C15H20BrClO2. The molecule has 106 valence electrons. The summed E-state index contributed by atoms with van der Waals surface area (Å²) in [5, 5.41) is 0.729. The summed E-state index contributed by atoms with van der Waals surface area (Å²) < 4.78 is 11.4. The molecular weight excluding hydrogens is 328 g/mol. The van der Waals surface area contributed by atoms with E-state index in [2.05, 4.69) is 36.7 Å². The van der Waals surface area contributed by atoms with Gasteiger partial charge in [0.05, 0.1) is 19.3 Å². The smallest absolute Gasteiger partial charge is 0.123 e. The molecule has 1 aromatic carbocycles. The zero-order chi connectivity index (χ0) is 14.2. The van der Waals surface area contributed by atoms with Gasteiger partial charge in [0.25, 0.3) is 0 Å². The van der Waals surface area contributed by atoms with Crippen LogP contribution in [0.15, 0.2) is 18.2 Å². The molecule has 0 aliphatic carbocycles. The second-order valence-corrected chi connectivity index (χ2v) is 6.69. The Morgan fingerprint density at radius 3 is 2.47 bits per heavy atom. The maximum absolute atomic E-state index is 6.12. The molecule has 1 aliphatic heterocycles. The maximum atomic E-state index is 6.12. The van der Waals surface area contributed by atoms with Gasteiger partial charge in [-0.3, -0.25) is 0 Å². The molecule has 0 radical (unpaired) electrons. The van der Waals surface area contributed by atoms with Crippen LogP contribution in [0.5, 0.6) is 5.75 Å². The Balaban J connectivity index is 2.33. The van der Waals surface area contributed by atoms with Crippen molar-refractivity contribution in [3.05, 3.63) is 28.8 Å². The summed E-state index contributed by atoms with van der Waals surface area (Å²) in [4.78, 5) is 0.177. The van der Waals surface area contributed by atoms with Gasteiger partial charge in [-0.05, 0) is 38.0 Å². The van der Waals surface area contributed by atoms with Crippen molar-refractivity contribution in [2.45, 2.75) is 37.8 Å². The number of benzene rings is 1. The first kappa shape index (κ1) is 15.1. The molecule has 1 saturated heterocycles. The fourth-order valence-electron chi connectivity index (χ4n) is 2.93. The van der Waals surface area contributed by atoms with E-state index in [-0.39, 0.29) is 17.0 Å². The molecule has 19 heavy (non-hydrogen) atoms. The highest BCUT2D eigenvalue weighted by Gasteiger charge is 2.42. The van der Waals surface area contributed by atoms with E-state index in [0.717, 1.165) is 16.3 Å². The van der Waals surface area contributed by atoms with Gasteiger partial charge in [-0.1, -0.05) is 34.5 Å². The lowest BCUT2D eigenvalue weighted by Crippen LogP contribution is -2.22.